The van der Waals surface area contributed by atoms with E-state index in [0.29, 0.717) is 13.2 Å². The monoisotopic (exact) mass is 326 g/mol. The molecule has 0 aliphatic heterocycles. The van der Waals surface area contributed by atoms with Crippen molar-refractivity contribution in [1.82, 2.24) is 0 Å². The molecule has 0 saturated carbocycles. The number of hydrogen-bond donors (Lipinski definition) is 2. The minimum absolute atomic E-state index is 0.384. The first-order chi connectivity index (χ1) is 11.7. The van der Waals surface area contributed by atoms with Crippen molar-refractivity contribution in [3.05, 3.63) is 83.9 Å². The van der Waals surface area contributed by atoms with Gasteiger partial charge in [-0.05, 0) is 11.1 Å². The standard InChI is InChI=1S/C20H22O4/c21-19-17(23-13-15-7-3-1-4-8-15)11-12-18(20(19)22)24-14-16-9-5-2-6-10-16/h1-12,17-22H,13-14H2/t17-,18-,19+,20+/m0/s1. The van der Waals surface area contributed by atoms with Crippen LogP contribution in [0.2, 0.25) is 0 Å². The van der Waals surface area contributed by atoms with Crippen LogP contribution in [0.3, 0.4) is 0 Å². The van der Waals surface area contributed by atoms with Gasteiger partial charge in [-0.15, -0.1) is 0 Å². The highest BCUT2D eigenvalue weighted by Gasteiger charge is 2.35. The van der Waals surface area contributed by atoms with Gasteiger partial charge in [0.2, 0.25) is 0 Å². The Kier molecular flexibility index (Phi) is 5.77. The fourth-order valence-electron chi connectivity index (χ4n) is 2.68. The van der Waals surface area contributed by atoms with Crippen LogP contribution in [0.4, 0.5) is 0 Å². The van der Waals surface area contributed by atoms with Crippen molar-refractivity contribution >= 4 is 0 Å². The first-order valence-corrected chi connectivity index (χ1v) is 8.09. The Morgan fingerprint density at radius 3 is 1.38 bits per heavy atom. The summed E-state index contributed by atoms with van der Waals surface area (Å²) in [6, 6.07) is 19.5. The summed E-state index contributed by atoms with van der Waals surface area (Å²) >= 11 is 0. The summed E-state index contributed by atoms with van der Waals surface area (Å²) in [5.41, 5.74) is 2.05. The van der Waals surface area contributed by atoms with Crippen LogP contribution in [-0.4, -0.2) is 34.6 Å². The lowest BCUT2D eigenvalue weighted by Crippen LogP contribution is -2.48. The van der Waals surface area contributed by atoms with Crippen molar-refractivity contribution in [2.75, 3.05) is 0 Å². The molecule has 1 aliphatic rings. The van der Waals surface area contributed by atoms with Gasteiger partial charge in [0.15, 0.2) is 0 Å². The van der Waals surface area contributed by atoms with Crippen LogP contribution in [-0.2, 0) is 22.7 Å². The van der Waals surface area contributed by atoms with Gasteiger partial charge in [-0.25, -0.2) is 0 Å². The van der Waals surface area contributed by atoms with Crippen molar-refractivity contribution < 1.29 is 19.7 Å². The molecule has 0 unspecified atom stereocenters. The molecule has 0 aromatic heterocycles. The third-order valence-corrected chi connectivity index (χ3v) is 4.08. The summed E-state index contributed by atoms with van der Waals surface area (Å²) in [7, 11) is 0. The molecule has 126 valence electrons. The van der Waals surface area contributed by atoms with Crippen molar-refractivity contribution in [3.8, 4) is 0 Å². The van der Waals surface area contributed by atoms with Gasteiger partial charge < -0.3 is 19.7 Å². The number of benzene rings is 2. The van der Waals surface area contributed by atoms with Gasteiger partial charge >= 0.3 is 0 Å². The highest BCUT2D eigenvalue weighted by Crippen LogP contribution is 2.21. The zero-order valence-corrected chi connectivity index (χ0v) is 13.4. The van der Waals surface area contributed by atoms with Gasteiger partial charge in [-0.3, -0.25) is 0 Å². The molecule has 0 heterocycles. The molecule has 2 aromatic rings. The molecule has 4 heteroatoms. The van der Waals surface area contributed by atoms with Crippen LogP contribution in [0.1, 0.15) is 11.1 Å². The molecule has 0 bridgehead atoms. The lowest BCUT2D eigenvalue weighted by atomic mass is 9.96. The Balaban J connectivity index is 1.54. The van der Waals surface area contributed by atoms with Crippen LogP contribution >= 0.6 is 0 Å². The minimum Gasteiger partial charge on any atom is -0.387 e. The second-order valence-corrected chi connectivity index (χ2v) is 5.89. The molecule has 4 nitrogen and oxygen atoms in total. The molecule has 0 fully saturated rings. The molecule has 3 rings (SSSR count). The lowest BCUT2D eigenvalue weighted by molar-refractivity contribution is -0.127. The van der Waals surface area contributed by atoms with E-state index >= 15 is 0 Å². The highest BCUT2D eigenvalue weighted by atomic mass is 16.5. The van der Waals surface area contributed by atoms with E-state index < -0.39 is 24.4 Å². The van der Waals surface area contributed by atoms with E-state index in [1.54, 1.807) is 12.2 Å². The first kappa shape index (κ1) is 16.9. The number of ether oxygens (including phenoxy) is 2. The second-order valence-electron chi connectivity index (χ2n) is 5.89. The van der Waals surface area contributed by atoms with Crippen molar-refractivity contribution in [1.29, 1.82) is 0 Å². The first-order valence-electron chi connectivity index (χ1n) is 8.09. The Bertz CT molecular complexity index is 584. The molecular formula is C20H22O4. The Morgan fingerprint density at radius 2 is 1.00 bits per heavy atom. The predicted molar refractivity (Wildman–Crippen MR) is 91.2 cm³/mol. The maximum Gasteiger partial charge on any atom is 0.112 e. The Morgan fingerprint density at radius 1 is 0.625 bits per heavy atom. The van der Waals surface area contributed by atoms with E-state index in [1.165, 1.54) is 0 Å². The SMILES string of the molecule is O[C@H]1[C@H](O)[C@@H](OCc2ccccc2)C=C[C@@H]1OCc1ccccc1. The molecular weight excluding hydrogens is 304 g/mol. The van der Waals surface area contributed by atoms with Gasteiger partial charge in [0.25, 0.3) is 0 Å². The number of aliphatic hydroxyl groups is 2. The summed E-state index contributed by atoms with van der Waals surface area (Å²) in [5.74, 6) is 0. The van der Waals surface area contributed by atoms with Gasteiger partial charge in [0.05, 0.1) is 13.2 Å². The summed E-state index contributed by atoms with van der Waals surface area (Å²) in [6.07, 6.45) is 0.402. The molecule has 0 radical (unpaired) electrons. The molecule has 2 N–H and O–H groups in total. The average Bonchev–Trinajstić information content (AvgIpc) is 2.64. The van der Waals surface area contributed by atoms with Crippen molar-refractivity contribution in [2.24, 2.45) is 0 Å². The summed E-state index contributed by atoms with van der Waals surface area (Å²) in [6.45, 7) is 0.768. The number of hydrogen-bond acceptors (Lipinski definition) is 4. The quantitative estimate of drug-likeness (QED) is 0.801. The number of aliphatic hydroxyl groups excluding tert-OH is 2. The van der Waals surface area contributed by atoms with Crippen molar-refractivity contribution in [3.63, 3.8) is 0 Å². The highest BCUT2D eigenvalue weighted by molar-refractivity contribution is 5.16. The average molecular weight is 326 g/mol. The zero-order chi connectivity index (χ0) is 16.8. The van der Waals surface area contributed by atoms with Crippen LogP contribution in [0.15, 0.2) is 72.8 Å². The van der Waals surface area contributed by atoms with Crippen LogP contribution in [0.5, 0.6) is 0 Å². The molecule has 0 amide bonds. The topological polar surface area (TPSA) is 58.9 Å². The molecule has 2 aromatic carbocycles. The molecule has 1 aliphatic carbocycles. The number of rotatable bonds is 6. The van der Waals surface area contributed by atoms with E-state index in [4.69, 9.17) is 9.47 Å². The van der Waals surface area contributed by atoms with Gasteiger partial charge in [-0.1, -0.05) is 72.8 Å². The van der Waals surface area contributed by atoms with Crippen LogP contribution in [0, 0.1) is 0 Å². The van der Waals surface area contributed by atoms with E-state index in [-0.39, 0.29) is 0 Å². The van der Waals surface area contributed by atoms with E-state index in [1.807, 2.05) is 60.7 Å². The van der Waals surface area contributed by atoms with Gasteiger partial charge in [0.1, 0.15) is 24.4 Å². The third-order valence-electron chi connectivity index (χ3n) is 4.08. The predicted octanol–water partition coefficient (Wildman–Crippen LogP) is 2.45. The summed E-state index contributed by atoms with van der Waals surface area (Å²) in [4.78, 5) is 0. The summed E-state index contributed by atoms with van der Waals surface area (Å²) in [5, 5.41) is 20.6. The molecule has 4 atom stereocenters. The Labute approximate surface area is 142 Å². The Hall–Kier alpha value is -1.98. The van der Waals surface area contributed by atoms with Crippen molar-refractivity contribution in [2.45, 2.75) is 37.6 Å². The van der Waals surface area contributed by atoms with Crippen LogP contribution in [0.25, 0.3) is 0 Å². The summed E-state index contributed by atoms with van der Waals surface area (Å²) < 4.78 is 11.4. The lowest BCUT2D eigenvalue weighted by Gasteiger charge is -2.33. The normalized spacial score (nSPS) is 26.4. The fraction of sp³-hybridized carbons (Fsp3) is 0.300. The van der Waals surface area contributed by atoms with Gasteiger partial charge in [-0.2, -0.15) is 0 Å². The molecule has 0 saturated heterocycles. The maximum absolute atomic E-state index is 10.3. The van der Waals surface area contributed by atoms with Crippen LogP contribution < -0.4 is 0 Å². The molecule has 24 heavy (non-hydrogen) atoms. The molecule has 0 spiro atoms. The second kappa shape index (κ2) is 8.22. The van der Waals surface area contributed by atoms with Gasteiger partial charge in [0, 0.05) is 0 Å². The largest absolute Gasteiger partial charge is 0.387 e. The third kappa shape index (κ3) is 4.30. The zero-order valence-electron chi connectivity index (χ0n) is 13.4. The van der Waals surface area contributed by atoms with E-state index in [9.17, 15) is 10.2 Å². The fourth-order valence-corrected chi connectivity index (χ4v) is 2.68. The maximum atomic E-state index is 10.3. The smallest absolute Gasteiger partial charge is 0.112 e. The van der Waals surface area contributed by atoms with E-state index in [0.717, 1.165) is 11.1 Å². The minimum atomic E-state index is -1.01. The van der Waals surface area contributed by atoms with E-state index in [2.05, 4.69) is 0 Å².